The van der Waals surface area contributed by atoms with Crippen LogP contribution >= 0.6 is 0 Å². The highest BCUT2D eigenvalue weighted by Crippen LogP contribution is 2.19. The molecule has 1 aromatic heterocycles. The van der Waals surface area contributed by atoms with Gasteiger partial charge < -0.3 is 14.9 Å². The van der Waals surface area contributed by atoms with Crippen LogP contribution in [-0.2, 0) is 0 Å². The van der Waals surface area contributed by atoms with Gasteiger partial charge in [-0.25, -0.2) is 0 Å². The van der Waals surface area contributed by atoms with E-state index in [1.807, 2.05) is 6.92 Å². The average molecular weight is 218 g/mol. The van der Waals surface area contributed by atoms with Gasteiger partial charge in [0.25, 0.3) is 5.91 Å². The number of rotatable bonds is 2. The smallest absolute Gasteiger partial charge is 0.260 e. The SMILES string of the molecule is Cc1ccc(O)c(C(=O)Nc2ccon2)c1. The number of amides is 1. The number of carbonyl (C=O) groups is 1. The third-order valence-electron chi connectivity index (χ3n) is 2.08. The topological polar surface area (TPSA) is 75.4 Å². The van der Waals surface area contributed by atoms with Gasteiger partial charge in [-0.3, -0.25) is 4.79 Å². The standard InChI is InChI=1S/C11H10N2O3/c1-7-2-3-9(14)8(6-7)11(15)12-10-4-5-16-13-10/h2-6,14H,1H3,(H,12,13,15). The maximum Gasteiger partial charge on any atom is 0.260 e. The van der Waals surface area contributed by atoms with Gasteiger partial charge in [0.1, 0.15) is 12.0 Å². The highest BCUT2D eigenvalue weighted by atomic mass is 16.5. The molecule has 82 valence electrons. The molecule has 0 bridgehead atoms. The molecule has 0 atom stereocenters. The lowest BCUT2D eigenvalue weighted by Gasteiger charge is -2.04. The van der Waals surface area contributed by atoms with E-state index in [9.17, 15) is 9.90 Å². The maximum atomic E-state index is 11.7. The number of nitrogens with one attached hydrogen (secondary N) is 1. The van der Waals surface area contributed by atoms with Crippen LogP contribution in [0.3, 0.4) is 0 Å². The summed E-state index contributed by atoms with van der Waals surface area (Å²) in [6.45, 7) is 1.84. The van der Waals surface area contributed by atoms with Crippen molar-refractivity contribution in [2.75, 3.05) is 5.32 Å². The molecule has 0 saturated heterocycles. The van der Waals surface area contributed by atoms with Crippen molar-refractivity contribution in [2.45, 2.75) is 6.92 Å². The fraction of sp³-hybridized carbons (Fsp3) is 0.0909. The first kappa shape index (κ1) is 10.2. The van der Waals surface area contributed by atoms with Crippen LogP contribution in [0.4, 0.5) is 5.82 Å². The Morgan fingerprint density at radius 2 is 2.25 bits per heavy atom. The Kier molecular flexibility index (Phi) is 2.59. The van der Waals surface area contributed by atoms with Crippen LogP contribution in [0.5, 0.6) is 5.75 Å². The van der Waals surface area contributed by atoms with E-state index in [1.165, 1.54) is 18.4 Å². The van der Waals surface area contributed by atoms with Gasteiger partial charge in [0.15, 0.2) is 5.82 Å². The van der Waals surface area contributed by atoms with Gasteiger partial charge in [-0.15, -0.1) is 0 Å². The van der Waals surface area contributed by atoms with Crippen molar-refractivity contribution in [2.24, 2.45) is 0 Å². The second kappa shape index (κ2) is 4.06. The second-order valence-corrected chi connectivity index (χ2v) is 3.36. The molecule has 0 radical (unpaired) electrons. The number of phenolic OH excluding ortho intramolecular Hbond substituents is 1. The first-order chi connectivity index (χ1) is 7.66. The summed E-state index contributed by atoms with van der Waals surface area (Å²) in [5.41, 5.74) is 1.10. The lowest BCUT2D eigenvalue weighted by atomic mass is 10.1. The first-order valence-electron chi connectivity index (χ1n) is 4.68. The van der Waals surface area contributed by atoms with Gasteiger partial charge in [-0.05, 0) is 19.1 Å². The lowest BCUT2D eigenvalue weighted by molar-refractivity contribution is 0.102. The van der Waals surface area contributed by atoms with Crippen LogP contribution in [0.25, 0.3) is 0 Å². The van der Waals surface area contributed by atoms with Gasteiger partial charge in [-0.2, -0.15) is 0 Å². The third-order valence-corrected chi connectivity index (χ3v) is 2.08. The molecule has 2 aromatic rings. The van der Waals surface area contributed by atoms with Crippen LogP contribution in [0, 0.1) is 6.92 Å². The number of anilines is 1. The van der Waals surface area contributed by atoms with Crippen molar-refractivity contribution in [1.29, 1.82) is 0 Å². The molecule has 5 heteroatoms. The number of carbonyl (C=O) groups excluding carboxylic acids is 1. The maximum absolute atomic E-state index is 11.7. The number of aryl methyl sites for hydroxylation is 1. The van der Waals surface area contributed by atoms with Gasteiger partial charge >= 0.3 is 0 Å². The number of phenols is 1. The van der Waals surface area contributed by atoms with E-state index >= 15 is 0 Å². The molecule has 1 heterocycles. The molecule has 0 aliphatic heterocycles. The Hall–Kier alpha value is -2.30. The fourth-order valence-electron chi connectivity index (χ4n) is 1.29. The van der Waals surface area contributed by atoms with Crippen molar-refractivity contribution in [3.05, 3.63) is 41.7 Å². The molecule has 2 N–H and O–H groups in total. The molecule has 0 aliphatic carbocycles. The van der Waals surface area contributed by atoms with Crippen LogP contribution in [0.2, 0.25) is 0 Å². The summed E-state index contributed by atoms with van der Waals surface area (Å²) in [6.07, 6.45) is 1.35. The summed E-state index contributed by atoms with van der Waals surface area (Å²) in [4.78, 5) is 11.7. The first-order valence-corrected chi connectivity index (χ1v) is 4.68. The molecule has 2 rings (SSSR count). The normalized spacial score (nSPS) is 10.1. The Morgan fingerprint density at radius 3 is 2.94 bits per heavy atom. The number of benzene rings is 1. The number of nitrogens with zero attached hydrogens (tertiary/aromatic N) is 1. The van der Waals surface area contributed by atoms with E-state index in [0.717, 1.165) is 5.56 Å². The predicted molar refractivity (Wildman–Crippen MR) is 57.3 cm³/mol. The summed E-state index contributed by atoms with van der Waals surface area (Å²) in [6, 6.07) is 6.32. The predicted octanol–water partition coefficient (Wildman–Crippen LogP) is 1.94. The van der Waals surface area contributed by atoms with Crippen LogP contribution in [0.15, 0.2) is 35.1 Å². The van der Waals surface area contributed by atoms with Gasteiger partial charge in [0, 0.05) is 6.07 Å². The highest BCUT2D eigenvalue weighted by molar-refractivity contribution is 6.05. The average Bonchev–Trinajstić information content (AvgIpc) is 2.74. The van der Waals surface area contributed by atoms with Crippen molar-refractivity contribution >= 4 is 11.7 Å². The van der Waals surface area contributed by atoms with Crippen LogP contribution in [0.1, 0.15) is 15.9 Å². The monoisotopic (exact) mass is 218 g/mol. The Morgan fingerprint density at radius 1 is 1.44 bits per heavy atom. The largest absolute Gasteiger partial charge is 0.507 e. The van der Waals surface area contributed by atoms with Gasteiger partial charge in [-0.1, -0.05) is 16.8 Å². The van der Waals surface area contributed by atoms with Gasteiger partial charge in [0.2, 0.25) is 0 Å². The van der Waals surface area contributed by atoms with Crippen molar-refractivity contribution < 1.29 is 14.4 Å². The summed E-state index contributed by atoms with van der Waals surface area (Å²) < 4.78 is 4.58. The lowest BCUT2D eigenvalue weighted by Crippen LogP contribution is -2.12. The van der Waals surface area contributed by atoms with E-state index in [2.05, 4.69) is 15.0 Å². The summed E-state index contributed by atoms with van der Waals surface area (Å²) in [7, 11) is 0. The van der Waals surface area contributed by atoms with Crippen LogP contribution in [-0.4, -0.2) is 16.2 Å². The number of hydrogen-bond acceptors (Lipinski definition) is 4. The minimum absolute atomic E-state index is 0.0633. The van der Waals surface area contributed by atoms with Crippen molar-refractivity contribution in [3.63, 3.8) is 0 Å². The molecule has 0 unspecified atom stereocenters. The molecule has 5 nitrogen and oxygen atoms in total. The zero-order valence-electron chi connectivity index (χ0n) is 8.60. The summed E-state index contributed by atoms with van der Waals surface area (Å²) in [5.74, 6) is -0.174. The van der Waals surface area contributed by atoms with Crippen molar-refractivity contribution in [1.82, 2.24) is 5.16 Å². The Bertz CT molecular complexity index is 506. The van der Waals surface area contributed by atoms with Crippen molar-refractivity contribution in [3.8, 4) is 5.75 Å². The summed E-state index contributed by atoms with van der Waals surface area (Å²) in [5, 5.41) is 15.6. The molecular weight excluding hydrogens is 208 g/mol. The Labute approximate surface area is 91.7 Å². The number of hydrogen-bond donors (Lipinski definition) is 2. The van der Waals surface area contributed by atoms with E-state index in [0.29, 0.717) is 5.82 Å². The third kappa shape index (κ3) is 2.03. The van der Waals surface area contributed by atoms with E-state index in [4.69, 9.17) is 0 Å². The molecule has 16 heavy (non-hydrogen) atoms. The van der Waals surface area contributed by atoms with Crippen LogP contribution < -0.4 is 5.32 Å². The zero-order valence-corrected chi connectivity index (χ0v) is 8.60. The number of aromatic nitrogens is 1. The highest BCUT2D eigenvalue weighted by Gasteiger charge is 2.12. The van der Waals surface area contributed by atoms with Gasteiger partial charge in [0.05, 0.1) is 5.56 Å². The zero-order chi connectivity index (χ0) is 11.5. The molecular formula is C11H10N2O3. The summed E-state index contributed by atoms with van der Waals surface area (Å²) >= 11 is 0. The Balaban J connectivity index is 2.24. The number of aromatic hydroxyl groups is 1. The minimum atomic E-state index is -0.421. The quantitative estimate of drug-likeness (QED) is 0.807. The molecule has 0 aliphatic rings. The molecule has 0 fully saturated rings. The second-order valence-electron chi connectivity index (χ2n) is 3.36. The molecule has 1 amide bonds. The molecule has 0 saturated carbocycles. The molecule has 1 aromatic carbocycles. The van der Waals surface area contributed by atoms with E-state index < -0.39 is 5.91 Å². The molecule has 0 spiro atoms. The van der Waals surface area contributed by atoms with E-state index in [1.54, 1.807) is 12.1 Å². The van der Waals surface area contributed by atoms with E-state index in [-0.39, 0.29) is 11.3 Å². The minimum Gasteiger partial charge on any atom is -0.507 e. The fourth-order valence-corrected chi connectivity index (χ4v) is 1.29.